The van der Waals surface area contributed by atoms with Crippen molar-refractivity contribution < 1.29 is 0 Å². The Kier molecular flexibility index (Phi) is 4.62. The van der Waals surface area contributed by atoms with Gasteiger partial charge in [0.15, 0.2) is 0 Å². The van der Waals surface area contributed by atoms with Crippen molar-refractivity contribution in [1.29, 1.82) is 0 Å². The van der Waals surface area contributed by atoms with Gasteiger partial charge in [0.05, 0.1) is 11.4 Å². The molecular formula is C10H15BrN2S. The molecule has 0 heterocycles. The molecule has 4 heteroatoms. The summed E-state index contributed by atoms with van der Waals surface area (Å²) in [6.45, 7) is 3.12. The van der Waals surface area contributed by atoms with E-state index in [-0.39, 0.29) is 0 Å². The molecule has 0 saturated carbocycles. The van der Waals surface area contributed by atoms with Crippen LogP contribution in [-0.4, -0.2) is 18.1 Å². The molecule has 3 N–H and O–H groups in total. The van der Waals surface area contributed by atoms with E-state index in [1.54, 1.807) is 0 Å². The van der Waals surface area contributed by atoms with Gasteiger partial charge in [-0.05, 0) is 24.5 Å². The van der Waals surface area contributed by atoms with Crippen LogP contribution in [0.1, 0.15) is 6.92 Å². The monoisotopic (exact) mass is 274 g/mol. The van der Waals surface area contributed by atoms with Crippen LogP contribution in [0.25, 0.3) is 0 Å². The summed E-state index contributed by atoms with van der Waals surface area (Å²) in [5.74, 6) is 0. The molecular weight excluding hydrogens is 260 g/mol. The van der Waals surface area contributed by atoms with Crippen LogP contribution in [0.3, 0.4) is 0 Å². The van der Waals surface area contributed by atoms with Gasteiger partial charge in [0.1, 0.15) is 0 Å². The zero-order chi connectivity index (χ0) is 10.6. The Hall–Kier alpha value is -0.350. The fourth-order valence-corrected chi connectivity index (χ4v) is 1.66. The standard InChI is InChI=1S/C10H15BrN2S/c1-7(14-2)6-13-10-4-3-8(11)5-9(10)12/h3-5,7,13H,6,12H2,1-2H3. The summed E-state index contributed by atoms with van der Waals surface area (Å²) in [6, 6.07) is 5.89. The molecule has 1 atom stereocenters. The van der Waals surface area contributed by atoms with E-state index >= 15 is 0 Å². The van der Waals surface area contributed by atoms with E-state index in [4.69, 9.17) is 5.73 Å². The lowest BCUT2D eigenvalue weighted by Gasteiger charge is -2.12. The average molecular weight is 275 g/mol. The molecule has 0 saturated heterocycles. The highest BCUT2D eigenvalue weighted by Crippen LogP contribution is 2.23. The summed E-state index contributed by atoms with van der Waals surface area (Å²) in [7, 11) is 0. The third-order valence-electron chi connectivity index (χ3n) is 2.00. The lowest BCUT2D eigenvalue weighted by atomic mass is 10.2. The van der Waals surface area contributed by atoms with Gasteiger partial charge in [0.2, 0.25) is 0 Å². The highest BCUT2D eigenvalue weighted by molar-refractivity contribution is 9.10. The zero-order valence-electron chi connectivity index (χ0n) is 8.38. The molecule has 0 fully saturated rings. The van der Waals surface area contributed by atoms with Crippen molar-refractivity contribution in [2.75, 3.05) is 23.9 Å². The lowest BCUT2D eigenvalue weighted by Crippen LogP contribution is -2.13. The maximum atomic E-state index is 5.85. The molecule has 0 spiro atoms. The quantitative estimate of drug-likeness (QED) is 0.829. The number of rotatable bonds is 4. The van der Waals surface area contributed by atoms with Crippen LogP contribution < -0.4 is 11.1 Å². The maximum absolute atomic E-state index is 5.85. The zero-order valence-corrected chi connectivity index (χ0v) is 10.8. The maximum Gasteiger partial charge on any atom is 0.0575 e. The molecule has 1 rings (SSSR count). The smallest absolute Gasteiger partial charge is 0.0575 e. The normalized spacial score (nSPS) is 12.5. The number of nitrogens with two attached hydrogens (primary N) is 1. The Morgan fingerprint density at radius 3 is 2.86 bits per heavy atom. The van der Waals surface area contributed by atoms with E-state index < -0.39 is 0 Å². The molecule has 0 aliphatic heterocycles. The minimum Gasteiger partial charge on any atom is -0.397 e. The molecule has 0 bridgehead atoms. The third-order valence-corrected chi connectivity index (χ3v) is 3.46. The summed E-state index contributed by atoms with van der Waals surface area (Å²) in [5.41, 5.74) is 7.64. The highest BCUT2D eigenvalue weighted by Gasteiger charge is 2.02. The average Bonchev–Trinajstić information content (AvgIpc) is 2.16. The van der Waals surface area contributed by atoms with Gasteiger partial charge in [-0.15, -0.1) is 0 Å². The van der Waals surface area contributed by atoms with Gasteiger partial charge >= 0.3 is 0 Å². The van der Waals surface area contributed by atoms with Crippen molar-refractivity contribution >= 4 is 39.1 Å². The molecule has 0 radical (unpaired) electrons. The van der Waals surface area contributed by atoms with Crippen molar-refractivity contribution in [3.8, 4) is 0 Å². The van der Waals surface area contributed by atoms with Crippen molar-refractivity contribution in [3.05, 3.63) is 22.7 Å². The molecule has 0 amide bonds. The minimum absolute atomic E-state index is 0.595. The summed E-state index contributed by atoms with van der Waals surface area (Å²) in [4.78, 5) is 0. The summed E-state index contributed by atoms with van der Waals surface area (Å²) >= 11 is 5.22. The fraction of sp³-hybridized carbons (Fsp3) is 0.400. The molecule has 1 unspecified atom stereocenters. The predicted molar refractivity (Wildman–Crippen MR) is 70.0 cm³/mol. The van der Waals surface area contributed by atoms with Crippen LogP contribution in [0.5, 0.6) is 0 Å². The fourth-order valence-electron chi connectivity index (χ4n) is 1.03. The Bertz CT molecular complexity index is 304. The van der Waals surface area contributed by atoms with Crippen molar-refractivity contribution in [1.82, 2.24) is 0 Å². The van der Waals surface area contributed by atoms with Crippen LogP contribution in [0.2, 0.25) is 0 Å². The largest absolute Gasteiger partial charge is 0.397 e. The van der Waals surface area contributed by atoms with E-state index in [0.29, 0.717) is 5.25 Å². The van der Waals surface area contributed by atoms with Crippen LogP contribution in [0.15, 0.2) is 22.7 Å². The topological polar surface area (TPSA) is 38.0 Å². The molecule has 14 heavy (non-hydrogen) atoms. The van der Waals surface area contributed by atoms with Gasteiger partial charge in [0, 0.05) is 16.3 Å². The van der Waals surface area contributed by atoms with Crippen LogP contribution >= 0.6 is 27.7 Å². The van der Waals surface area contributed by atoms with Crippen molar-refractivity contribution in [2.45, 2.75) is 12.2 Å². The van der Waals surface area contributed by atoms with E-state index in [1.165, 1.54) is 0 Å². The first kappa shape index (κ1) is 11.7. The molecule has 0 aliphatic rings. The summed E-state index contributed by atoms with van der Waals surface area (Å²) < 4.78 is 1.01. The van der Waals surface area contributed by atoms with Gasteiger partial charge in [0.25, 0.3) is 0 Å². The van der Waals surface area contributed by atoms with Crippen LogP contribution in [0, 0.1) is 0 Å². The molecule has 0 aromatic heterocycles. The number of nitrogens with one attached hydrogen (secondary N) is 1. The molecule has 0 aliphatic carbocycles. The number of hydrogen-bond donors (Lipinski definition) is 2. The Labute approximate surface area is 97.8 Å². The van der Waals surface area contributed by atoms with Gasteiger partial charge < -0.3 is 11.1 Å². The van der Waals surface area contributed by atoms with Gasteiger partial charge in [-0.25, -0.2) is 0 Å². The molecule has 1 aromatic rings. The van der Waals surface area contributed by atoms with E-state index in [9.17, 15) is 0 Å². The molecule has 1 aromatic carbocycles. The second kappa shape index (κ2) is 5.51. The number of hydrogen-bond acceptors (Lipinski definition) is 3. The lowest BCUT2D eigenvalue weighted by molar-refractivity contribution is 1.00. The van der Waals surface area contributed by atoms with E-state index in [1.807, 2.05) is 30.0 Å². The number of benzene rings is 1. The first-order valence-electron chi connectivity index (χ1n) is 4.45. The molecule has 78 valence electrons. The van der Waals surface area contributed by atoms with Crippen LogP contribution in [0.4, 0.5) is 11.4 Å². The van der Waals surface area contributed by atoms with Crippen LogP contribution in [-0.2, 0) is 0 Å². The second-order valence-corrected chi connectivity index (χ2v) is 5.35. The first-order valence-corrected chi connectivity index (χ1v) is 6.53. The van der Waals surface area contributed by atoms with E-state index in [0.717, 1.165) is 22.4 Å². The Balaban J connectivity index is 2.59. The van der Waals surface area contributed by atoms with Crippen molar-refractivity contribution in [2.24, 2.45) is 0 Å². The number of anilines is 2. The van der Waals surface area contributed by atoms with E-state index in [2.05, 4.69) is 34.4 Å². The number of thioether (sulfide) groups is 1. The second-order valence-electron chi connectivity index (χ2n) is 3.16. The van der Waals surface area contributed by atoms with Gasteiger partial charge in [-0.3, -0.25) is 0 Å². The summed E-state index contributed by atoms with van der Waals surface area (Å²) in [5, 5.41) is 3.92. The summed E-state index contributed by atoms with van der Waals surface area (Å²) in [6.07, 6.45) is 2.11. The molecule has 2 nitrogen and oxygen atoms in total. The SMILES string of the molecule is CSC(C)CNc1ccc(Br)cc1N. The first-order chi connectivity index (χ1) is 6.63. The van der Waals surface area contributed by atoms with Gasteiger partial charge in [-0.2, -0.15) is 11.8 Å². The predicted octanol–water partition coefficient (Wildman–Crippen LogP) is 3.19. The number of nitrogen functional groups attached to an aromatic ring is 1. The van der Waals surface area contributed by atoms with Gasteiger partial charge in [-0.1, -0.05) is 22.9 Å². The third kappa shape index (κ3) is 3.42. The highest BCUT2D eigenvalue weighted by atomic mass is 79.9. The minimum atomic E-state index is 0.595. The number of halogens is 1. The Morgan fingerprint density at radius 1 is 1.57 bits per heavy atom. The van der Waals surface area contributed by atoms with Crippen molar-refractivity contribution in [3.63, 3.8) is 0 Å². The Morgan fingerprint density at radius 2 is 2.29 bits per heavy atom.